The van der Waals surface area contributed by atoms with Gasteiger partial charge in [-0.15, -0.1) is 0 Å². The molecule has 0 bridgehead atoms. The molecule has 4 atom stereocenters. The van der Waals surface area contributed by atoms with Crippen molar-refractivity contribution in [3.63, 3.8) is 0 Å². The summed E-state index contributed by atoms with van der Waals surface area (Å²) in [5.41, 5.74) is 1.67. The highest BCUT2D eigenvalue weighted by Gasteiger charge is 2.67. The Morgan fingerprint density at radius 3 is 2.46 bits per heavy atom. The van der Waals surface area contributed by atoms with E-state index in [-0.39, 0.29) is 37.9 Å². The number of halogens is 1. The number of aliphatic hydroxyl groups excluding tert-OH is 1. The van der Waals surface area contributed by atoms with Crippen LogP contribution in [0.2, 0.25) is 18.6 Å². The summed E-state index contributed by atoms with van der Waals surface area (Å²) in [6.45, 7) is 6.31. The number of hydrogen-bond donors (Lipinski definition) is 1. The Morgan fingerprint density at radius 1 is 1.04 bits per heavy atom. The lowest BCUT2D eigenvalue weighted by Gasteiger charge is -2.31. The Kier molecular flexibility index (Phi) is 8.75. The van der Waals surface area contributed by atoms with E-state index in [0.717, 1.165) is 11.1 Å². The summed E-state index contributed by atoms with van der Waals surface area (Å²) in [5.74, 6) is -1.09. The van der Waals surface area contributed by atoms with Gasteiger partial charge in [0.25, 0.3) is 5.91 Å². The average molecular weight is 646 g/mol. The molecule has 46 heavy (non-hydrogen) atoms. The first-order valence-corrected chi connectivity index (χ1v) is 18.7. The van der Waals surface area contributed by atoms with Gasteiger partial charge in [-0.3, -0.25) is 14.5 Å². The number of nitrogens with zero attached hydrogens (tertiary/aromatic N) is 3. The predicted octanol–water partition coefficient (Wildman–Crippen LogP) is 5.38. The monoisotopic (exact) mass is 645 g/mol. The third kappa shape index (κ3) is 5.71. The van der Waals surface area contributed by atoms with Crippen molar-refractivity contribution < 1.29 is 33.1 Å². The molecule has 0 radical (unpaired) electrons. The maximum absolute atomic E-state index is 16.3. The lowest BCUT2D eigenvalue weighted by molar-refractivity contribution is -0.150. The second-order valence-electron chi connectivity index (χ2n) is 12.8. The van der Waals surface area contributed by atoms with Gasteiger partial charge in [-0.25, -0.2) is 4.79 Å². The molecule has 0 unspecified atom stereocenters. The van der Waals surface area contributed by atoms with Gasteiger partial charge in [0.15, 0.2) is 5.60 Å². The van der Waals surface area contributed by atoms with Crippen molar-refractivity contribution in [2.24, 2.45) is 5.92 Å². The van der Waals surface area contributed by atoms with Crippen molar-refractivity contribution in [3.05, 3.63) is 95.6 Å². The first-order chi connectivity index (χ1) is 22.0. The van der Waals surface area contributed by atoms with Gasteiger partial charge in [-0.05, 0) is 42.4 Å². The van der Waals surface area contributed by atoms with Gasteiger partial charge in [-0.2, -0.15) is 0 Å². The van der Waals surface area contributed by atoms with Crippen LogP contribution in [0.25, 0.3) is 0 Å². The van der Waals surface area contributed by atoms with E-state index in [2.05, 4.69) is 0 Å². The van der Waals surface area contributed by atoms with Crippen LogP contribution in [0.15, 0.2) is 78.9 Å². The molecule has 2 fully saturated rings. The van der Waals surface area contributed by atoms with Crippen molar-refractivity contribution in [1.29, 1.82) is 0 Å². The Morgan fingerprint density at radius 2 is 1.76 bits per heavy atom. The van der Waals surface area contributed by atoms with E-state index in [1.54, 1.807) is 27.8 Å². The SMILES string of the molecule is C[C@@H]1[C@@H]([Si](C)(C)F)[C@H](CC(=O)N(CCO)Cc2ccccc2)O[C@@]12C(=O)N(Cc1cccc(N3CCOC3=O)c1)c1ccccc12. The molecule has 0 saturated carbocycles. The molecule has 3 heterocycles. The molecule has 0 aliphatic carbocycles. The van der Waals surface area contributed by atoms with Gasteiger partial charge < -0.3 is 28.5 Å². The smallest absolute Gasteiger partial charge is 0.414 e. The maximum Gasteiger partial charge on any atom is 0.414 e. The number of carbonyl (C=O) groups is 3. The minimum atomic E-state index is -3.48. The van der Waals surface area contributed by atoms with Crippen LogP contribution in [0.1, 0.15) is 30.0 Å². The molecule has 3 aromatic carbocycles. The molecule has 6 rings (SSSR count). The number of fused-ring (bicyclic) bond motifs is 2. The number of anilines is 2. The summed E-state index contributed by atoms with van der Waals surface area (Å²) in [7, 11) is -3.48. The third-order valence-corrected chi connectivity index (χ3v) is 12.0. The fraction of sp³-hybridized carbons (Fsp3) is 0.400. The number of carbonyl (C=O) groups excluding carboxylic acids is 3. The number of amides is 3. The van der Waals surface area contributed by atoms with E-state index in [0.29, 0.717) is 36.6 Å². The minimum Gasteiger partial charge on any atom is -0.447 e. The highest BCUT2D eigenvalue weighted by Crippen LogP contribution is 2.60. The Bertz CT molecular complexity index is 1620. The van der Waals surface area contributed by atoms with Crippen molar-refractivity contribution in [1.82, 2.24) is 4.90 Å². The van der Waals surface area contributed by atoms with Gasteiger partial charge in [0.05, 0.1) is 37.9 Å². The van der Waals surface area contributed by atoms with Gasteiger partial charge in [0, 0.05) is 35.8 Å². The van der Waals surface area contributed by atoms with E-state index in [1.165, 1.54) is 0 Å². The number of benzene rings is 3. The Balaban J connectivity index is 1.31. The lowest BCUT2D eigenvalue weighted by Crippen LogP contribution is -2.45. The van der Waals surface area contributed by atoms with E-state index in [4.69, 9.17) is 9.47 Å². The molecular formula is C35H40FN3O6Si. The highest BCUT2D eigenvalue weighted by atomic mass is 28.4. The van der Waals surface area contributed by atoms with Crippen molar-refractivity contribution in [3.8, 4) is 0 Å². The minimum absolute atomic E-state index is 0.104. The highest BCUT2D eigenvalue weighted by molar-refractivity contribution is 6.72. The van der Waals surface area contributed by atoms with Crippen LogP contribution in [-0.2, 0) is 37.8 Å². The number of aliphatic hydroxyl groups is 1. The van der Waals surface area contributed by atoms with Crippen LogP contribution < -0.4 is 9.80 Å². The van der Waals surface area contributed by atoms with Gasteiger partial charge >= 0.3 is 6.09 Å². The lowest BCUT2D eigenvalue weighted by atomic mass is 9.82. The summed E-state index contributed by atoms with van der Waals surface area (Å²) < 4.78 is 28.1. The molecule has 11 heteroatoms. The fourth-order valence-electron chi connectivity index (χ4n) is 7.51. The second kappa shape index (κ2) is 12.6. The third-order valence-electron chi connectivity index (χ3n) is 9.51. The van der Waals surface area contributed by atoms with Crippen molar-refractivity contribution in [2.75, 3.05) is 36.1 Å². The molecule has 1 spiro atoms. The summed E-state index contributed by atoms with van der Waals surface area (Å²) in [5, 5.41) is 9.75. The fourth-order valence-corrected chi connectivity index (χ4v) is 10.0. The van der Waals surface area contributed by atoms with E-state index >= 15 is 4.11 Å². The van der Waals surface area contributed by atoms with Crippen LogP contribution in [0, 0.1) is 5.92 Å². The molecule has 1 N–H and O–H groups in total. The molecule has 3 aliphatic rings. The quantitative estimate of drug-likeness (QED) is 0.235. The predicted molar refractivity (Wildman–Crippen MR) is 174 cm³/mol. The van der Waals surface area contributed by atoms with Crippen LogP contribution >= 0.6 is 0 Å². The van der Waals surface area contributed by atoms with Crippen LogP contribution in [-0.4, -0.2) is 68.7 Å². The Labute approximate surface area is 269 Å². The van der Waals surface area contributed by atoms with Crippen molar-refractivity contribution >= 4 is 37.7 Å². The Hall–Kier alpha value is -4.06. The number of hydrogen-bond acceptors (Lipinski definition) is 6. The van der Waals surface area contributed by atoms with Gasteiger partial charge in [0.1, 0.15) is 6.61 Å². The molecule has 242 valence electrons. The first-order valence-electron chi connectivity index (χ1n) is 15.8. The first kappa shape index (κ1) is 31.9. The number of rotatable bonds is 10. The summed E-state index contributed by atoms with van der Waals surface area (Å²) in [6.07, 6.45) is -1.33. The number of para-hydroxylation sites is 1. The van der Waals surface area contributed by atoms with Crippen LogP contribution in [0.5, 0.6) is 0 Å². The number of cyclic esters (lactones) is 1. The summed E-state index contributed by atoms with van der Waals surface area (Å²) >= 11 is 0. The average Bonchev–Trinajstić information content (AvgIpc) is 3.66. The molecule has 2 saturated heterocycles. The maximum atomic E-state index is 16.3. The van der Waals surface area contributed by atoms with E-state index in [9.17, 15) is 19.5 Å². The summed E-state index contributed by atoms with van der Waals surface area (Å²) in [6, 6.07) is 24.4. The zero-order chi connectivity index (χ0) is 32.6. The molecule has 9 nitrogen and oxygen atoms in total. The summed E-state index contributed by atoms with van der Waals surface area (Å²) in [4.78, 5) is 45.4. The number of ether oxygens (including phenoxy) is 2. The van der Waals surface area contributed by atoms with Crippen molar-refractivity contribution in [2.45, 2.75) is 56.8 Å². The van der Waals surface area contributed by atoms with Gasteiger partial charge in [-0.1, -0.05) is 67.6 Å². The van der Waals surface area contributed by atoms with Crippen LogP contribution in [0.4, 0.5) is 20.3 Å². The molecule has 3 amide bonds. The zero-order valence-corrected chi connectivity index (χ0v) is 27.4. The van der Waals surface area contributed by atoms with E-state index in [1.807, 2.05) is 85.8 Å². The topological polar surface area (TPSA) is 99.6 Å². The zero-order valence-electron chi connectivity index (χ0n) is 26.4. The standard InChI is InChI=1S/C35H40FN3O6Si/c1-24-32(46(2,3)36)30(21-31(41)37(16-18-40)22-25-10-5-4-6-11-25)45-35(24)28-14-7-8-15-29(28)39(33(35)42)23-26-12-9-13-27(20-26)38-17-19-44-34(38)43/h4-15,20,24,30,32,40H,16-19,21-23H2,1-3H3/t24-,30+,32-,35+/m1/s1. The second-order valence-corrected chi connectivity index (χ2v) is 16.6. The molecule has 3 aliphatic heterocycles. The molecule has 0 aromatic heterocycles. The molecule has 3 aromatic rings. The van der Waals surface area contributed by atoms with Crippen LogP contribution in [0.3, 0.4) is 0 Å². The molecular weight excluding hydrogens is 605 g/mol. The normalized spacial score (nSPS) is 24.1. The van der Waals surface area contributed by atoms with E-state index < -0.39 is 37.7 Å². The largest absolute Gasteiger partial charge is 0.447 e. The van der Waals surface area contributed by atoms with Gasteiger partial charge in [0.2, 0.25) is 14.3 Å².